The fraction of sp³-hybridized carbons (Fsp3) is 0.360. The first kappa shape index (κ1) is 21.7. The first-order valence-electron chi connectivity index (χ1n) is 11.3. The molecule has 2 N–H and O–H groups in total. The summed E-state index contributed by atoms with van der Waals surface area (Å²) in [6.07, 6.45) is 5.43. The minimum Gasteiger partial charge on any atom is -0.273 e. The number of unbranched alkanes of at least 4 members (excludes halogenated alkanes) is 2. The highest BCUT2D eigenvalue weighted by atomic mass is 16.2. The molecule has 0 saturated heterocycles. The van der Waals surface area contributed by atoms with Crippen LogP contribution in [0.15, 0.2) is 53.3 Å². The fourth-order valence-electron chi connectivity index (χ4n) is 4.36. The largest absolute Gasteiger partial charge is 0.290 e. The first-order chi connectivity index (χ1) is 15.6. The van der Waals surface area contributed by atoms with Crippen molar-refractivity contribution in [2.24, 2.45) is 0 Å². The molecule has 3 aromatic rings. The quantitative estimate of drug-likeness (QED) is 0.461. The lowest BCUT2D eigenvalue weighted by Crippen LogP contribution is -2.45. The maximum atomic E-state index is 13.0. The van der Waals surface area contributed by atoms with Crippen molar-refractivity contribution in [1.29, 1.82) is 0 Å². The van der Waals surface area contributed by atoms with Gasteiger partial charge in [0.05, 0.1) is 11.3 Å². The van der Waals surface area contributed by atoms with Gasteiger partial charge in [0, 0.05) is 11.9 Å². The first-order valence-corrected chi connectivity index (χ1v) is 11.3. The van der Waals surface area contributed by atoms with E-state index in [2.05, 4.69) is 22.9 Å². The summed E-state index contributed by atoms with van der Waals surface area (Å²) in [5.74, 6) is -1.08. The van der Waals surface area contributed by atoms with E-state index in [4.69, 9.17) is 0 Å². The summed E-state index contributed by atoms with van der Waals surface area (Å²) in [4.78, 5) is 38.6. The predicted octanol–water partition coefficient (Wildman–Crippen LogP) is 3.47. The second-order valence-electron chi connectivity index (χ2n) is 8.22. The third-order valence-electron chi connectivity index (χ3n) is 6.04. The summed E-state index contributed by atoms with van der Waals surface area (Å²) in [6, 6.07) is 14.9. The maximum Gasteiger partial charge on any atom is 0.290 e. The number of hydrazine groups is 1. The van der Waals surface area contributed by atoms with Crippen molar-refractivity contribution < 1.29 is 9.59 Å². The van der Waals surface area contributed by atoms with Gasteiger partial charge in [0.25, 0.3) is 11.5 Å². The number of fused-ring (bicyclic) bond motifs is 2. The molecule has 7 heteroatoms. The van der Waals surface area contributed by atoms with E-state index in [0.29, 0.717) is 17.3 Å². The van der Waals surface area contributed by atoms with E-state index in [1.54, 1.807) is 24.3 Å². The Morgan fingerprint density at radius 3 is 2.59 bits per heavy atom. The average Bonchev–Trinajstić information content (AvgIpc) is 2.83. The Bertz CT molecular complexity index is 1200. The highest BCUT2D eigenvalue weighted by molar-refractivity contribution is 6.05. The van der Waals surface area contributed by atoms with Gasteiger partial charge in [-0.15, -0.1) is 0 Å². The third-order valence-corrected chi connectivity index (χ3v) is 6.04. The molecule has 2 amide bonds. The second-order valence-corrected chi connectivity index (χ2v) is 8.22. The van der Waals surface area contributed by atoms with Gasteiger partial charge in [-0.25, -0.2) is 4.68 Å². The normalized spacial score (nSPS) is 15.2. The molecule has 1 atom stereocenters. The SMILES string of the molecule is CCCCCn1nc(C(=O)NNC(=O)[C@H]2CCCc3ccccc32)c2ccccc2c1=O. The number of hydrogen-bond acceptors (Lipinski definition) is 4. The number of carbonyl (C=O) groups excluding carboxylic acids is 2. The summed E-state index contributed by atoms with van der Waals surface area (Å²) in [5, 5.41) is 5.25. The Morgan fingerprint density at radius 2 is 1.78 bits per heavy atom. The maximum absolute atomic E-state index is 13.0. The Kier molecular flexibility index (Phi) is 6.63. The number of amides is 2. The summed E-state index contributed by atoms with van der Waals surface area (Å²) in [6.45, 7) is 2.53. The van der Waals surface area contributed by atoms with Gasteiger partial charge < -0.3 is 0 Å². The number of carbonyl (C=O) groups is 2. The molecule has 166 valence electrons. The molecule has 0 unspecified atom stereocenters. The Labute approximate surface area is 186 Å². The standard InChI is InChI=1S/C25H28N4O3/c1-2-3-8-16-29-25(32)21-14-7-6-13-19(21)22(28-29)24(31)27-26-23(30)20-15-9-11-17-10-4-5-12-18(17)20/h4-7,10,12-14,20H,2-3,8-9,11,15-16H2,1H3,(H,26,30)(H,27,31)/t20-/m0/s1. The zero-order chi connectivity index (χ0) is 22.5. The fourth-order valence-corrected chi connectivity index (χ4v) is 4.36. The van der Waals surface area contributed by atoms with Crippen LogP contribution in [-0.4, -0.2) is 21.6 Å². The van der Waals surface area contributed by atoms with Crippen LogP contribution < -0.4 is 16.4 Å². The van der Waals surface area contributed by atoms with Crippen molar-refractivity contribution in [3.63, 3.8) is 0 Å². The van der Waals surface area contributed by atoms with Crippen molar-refractivity contribution in [2.45, 2.75) is 57.9 Å². The number of aryl methyl sites for hydroxylation is 2. The number of nitrogens with zero attached hydrogens (tertiary/aromatic N) is 2. The Balaban J connectivity index is 1.54. The van der Waals surface area contributed by atoms with Crippen LogP contribution in [0.5, 0.6) is 0 Å². The van der Waals surface area contributed by atoms with E-state index >= 15 is 0 Å². The molecule has 1 aliphatic carbocycles. The molecule has 2 aromatic carbocycles. The lowest BCUT2D eigenvalue weighted by Gasteiger charge is -2.24. The van der Waals surface area contributed by atoms with Crippen molar-refractivity contribution in [3.8, 4) is 0 Å². The highest BCUT2D eigenvalue weighted by Crippen LogP contribution is 2.31. The summed E-state index contributed by atoms with van der Waals surface area (Å²) in [7, 11) is 0. The zero-order valence-corrected chi connectivity index (χ0v) is 18.3. The van der Waals surface area contributed by atoms with Crippen LogP contribution in [0.1, 0.15) is 66.6 Å². The molecule has 0 bridgehead atoms. The van der Waals surface area contributed by atoms with Crippen LogP contribution in [0.3, 0.4) is 0 Å². The lowest BCUT2D eigenvalue weighted by atomic mass is 9.82. The summed E-state index contributed by atoms with van der Waals surface area (Å²) < 4.78 is 1.35. The van der Waals surface area contributed by atoms with Gasteiger partial charge in [-0.2, -0.15) is 5.10 Å². The molecule has 0 spiro atoms. The van der Waals surface area contributed by atoms with Gasteiger partial charge in [0.15, 0.2) is 5.69 Å². The van der Waals surface area contributed by atoms with Gasteiger partial charge in [0.1, 0.15) is 0 Å². The Morgan fingerprint density at radius 1 is 1.03 bits per heavy atom. The molecule has 0 aliphatic heterocycles. The van der Waals surface area contributed by atoms with Crippen molar-refractivity contribution in [1.82, 2.24) is 20.6 Å². The highest BCUT2D eigenvalue weighted by Gasteiger charge is 2.27. The molecular weight excluding hydrogens is 404 g/mol. The number of benzene rings is 2. The van der Waals surface area contributed by atoms with Crippen molar-refractivity contribution >= 4 is 22.6 Å². The second kappa shape index (κ2) is 9.77. The van der Waals surface area contributed by atoms with Crippen molar-refractivity contribution in [3.05, 3.63) is 75.7 Å². The Hall–Kier alpha value is -3.48. The number of hydrogen-bond donors (Lipinski definition) is 2. The number of rotatable bonds is 6. The number of nitrogens with one attached hydrogen (secondary N) is 2. The van der Waals surface area contributed by atoms with Crippen LogP contribution in [0, 0.1) is 0 Å². The molecule has 0 radical (unpaired) electrons. The van der Waals surface area contributed by atoms with Crippen LogP contribution in [0.25, 0.3) is 10.8 Å². The van der Waals surface area contributed by atoms with Crippen LogP contribution in [0.4, 0.5) is 0 Å². The molecule has 4 rings (SSSR count). The van der Waals surface area contributed by atoms with Crippen LogP contribution in [0.2, 0.25) is 0 Å². The third kappa shape index (κ3) is 4.42. The lowest BCUT2D eigenvalue weighted by molar-refractivity contribution is -0.123. The summed E-state index contributed by atoms with van der Waals surface area (Å²) >= 11 is 0. The minimum absolute atomic E-state index is 0.126. The molecule has 1 aliphatic rings. The van der Waals surface area contributed by atoms with E-state index in [-0.39, 0.29) is 23.1 Å². The molecule has 32 heavy (non-hydrogen) atoms. The van der Waals surface area contributed by atoms with Gasteiger partial charge >= 0.3 is 0 Å². The van der Waals surface area contributed by atoms with Gasteiger partial charge in [-0.05, 0) is 42.9 Å². The molecule has 7 nitrogen and oxygen atoms in total. The van der Waals surface area contributed by atoms with E-state index in [9.17, 15) is 14.4 Å². The average molecular weight is 433 g/mol. The summed E-state index contributed by atoms with van der Waals surface area (Å²) in [5.41, 5.74) is 7.20. The number of aromatic nitrogens is 2. The molecule has 0 fully saturated rings. The van der Waals surface area contributed by atoms with E-state index in [0.717, 1.165) is 44.1 Å². The predicted molar refractivity (Wildman–Crippen MR) is 123 cm³/mol. The van der Waals surface area contributed by atoms with Crippen LogP contribution >= 0.6 is 0 Å². The van der Waals surface area contributed by atoms with E-state index < -0.39 is 5.91 Å². The molecule has 0 saturated carbocycles. The van der Waals surface area contributed by atoms with Crippen molar-refractivity contribution in [2.75, 3.05) is 0 Å². The van der Waals surface area contributed by atoms with Gasteiger partial charge in [-0.3, -0.25) is 25.2 Å². The van der Waals surface area contributed by atoms with E-state index in [1.807, 2.05) is 24.3 Å². The van der Waals surface area contributed by atoms with Gasteiger partial charge in [-0.1, -0.05) is 62.2 Å². The zero-order valence-electron chi connectivity index (χ0n) is 18.3. The van der Waals surface area contributed by atoms with Gasteiger partial charge in [0.2, 0.25) is 5.91 Å². The van der Waals surface area contributed by atoms with E-state index in [1.165, 1.54) is 10.2 Å². The smallest absolute Gasteiger partial charge is 0.273 e. The molecular formula is C25H28N4O3. The van der Waals surface area contributed by atoms with Crippen LogP contribution in [-0.2, 0) is 17.8 Å². The minimum atomic E-state index is -0.539. The molecule has 1 aromatic heterocycles. The topological polar surface area (TPSA) is 93.1 Å². The monoisotopic (exact) mass is 432 g/mol. The molecule has 1 heterocycles.